The molecule has 0 aliphatic rings. The Morgan fingerprint density at radius 2 is 2.12 bits per heavy atom. The van der Waals surface area contributed by atoms with Crippen molar-refractivity contribution in [2.45, 2.75) is 26.9 Å². The fourth-order valence-corrected chi connectivity index (χ4v) is 2.37. The zero-order valence-electron chi connectivity index (χ0n) is 14.4. The number of rotatable bonds is 6. The fourth-order valence-electron chi connectivity index (χ4n) is 2.09. The summed E-state index contributed by atoms with van der Waals surface area (Å²) in [5.74, 6) is 3.10. The molecular formula is C16H23ClN6O. The minimum Gasteiger partial charge on any atom is -0.495 e. The van der Waals surface area contributed by atoms with Gasteiger partial charge in [-0.3, -0.25) is 0 Å². The molecule has 0 aliphatic heterocycles. The number of nitrogens with zero attached hydrogens (tertiary/aromatic N) is 4. The Morgan fingerprint density at radius 3 is 2.71 bits per heavy atom. The number of nitrogens with one attached hydrogen (secondary N) is 2. The molecule has 2 N–H and O–H groups in total. The van der Waals surface area contributed by atoms with E-state index in [1.165, 1.54) is 0 Å². The fraction of sp³-hybridized carbons (Fsp3) is 0.438. The smallest absolute Gasteiger partial charge is 0.191 e. The maximum absolute atomic E-state index is 6.14. The van der Waals surface area contributed by atoms with Crippen molar-refractivity contribution in [3.8, 4) is 5.75 Å². The zero-order valence-corrected chi connectivity index (χ0v) is 15.2. The Hall–Kier alpha value is -2.28. The molecule has 0 spiro atoms. The minimum absolute atomic E-state index is 0.511. The van der Waals surface area contributed by atoms with Crippen LogP contribution in [0.15, 0.2) is 23.2 Å². The predicted molar refractivity (Wildman–Crippen MR) is 95.4 cm³/mol. The van der Waals surface area contributed by atoms with Gasteiger partial charge in [0.2, 0.25) is 0 Å². The third-order valence-corrected chi connectivity index (χ3v) is 3.87. The molecule has 2 rings (SSSR count). The standard InChI is InChI=1S/C16H23ClN6O/c1-5-18-16(20-10-15-22-21-11(2)23(15)3)19-9-12-6-7-14(24-4)13(17)8-12/h6-8H,5,9-10H2,1-4H3,(H2,18,19,20). The van der Waals surface area contributed by atoms with E-state index in [1.807, 2.05) is 43.7 Å². The van der Waals surface area contributed by atoms with Crippen LogP contribution in [0.3, 0.4) is 0 Å². The number of ether oxygens (including phenoxy) is 1. The Bertz CT molecular complexity index is 713. The molecule has 1 aromatic carbocycles. The van der Waals surface area contributed by atoms with E-state index in [9.17, 15) is 0 Å². The van der Waals surface area contributed by atoms with Crippen molar-refractivity contribution in [2.75, 3.05) is 13.7 Å². The van der Waals surface area contributed by atoms with Crippen molar-refractivity contribution >= 4 is 17.6 Å². The molecule has 7 nitrogen and oxygen atoms in total. The maximum Gasteiger partial charge on any atom is 0.191 e. The molecule has 130 valence electrons. The molecule has 2 aromatic rings. The molecule has 1 heterocycles. The molecule has 24 heavy (non-hydrogen) atoms. The second-order valence-electron chi connectivity index (χ2n) is 5.24. The molecule has 0 radical (unpaired) electrons. The first-order valence-electron chi connectivity index (χ1n) is 7.74. The third kappa shape index (κ3) is 4.61. The summed E-state index contributed by atoms with van der Waals surface area (Å²) in [6, 6.07) is 5.65. The first kappa shape index (κ1) is 18.1. The van der Waals surface area contributed by atoms with E-state index >= 15 is 0 Å². The molecule has 0 bridgehead atoms. The molecule has 1 aromatic heterocycles. The highest BCUT2D eigenvalue weighted by molar-refractivity contribution is 6.32. The van der Waals surface area contributed by atoms with Gasteiger partial charge in [-0.1, -0.05) is 17.7 Å². The number of aliphatic imine (C=N–C) groups is 1. The van der Waals surface area contributed by atoms with Crippen LogP contribution in [0.1, 0.15) is 24.1 Å². The van der Waals surface area contributed by atoms with Gasteiger partial charge in [0.25, 0.3) is 0 Å². The predicted octanol–water partition coefficient (Wildman–Crippen LogP) is 2.04. The molecule has 0 aliphatic carbocycles. The van der Waals surface area contributed by atoms with Crippen molar-refractivity contribution in [3.05, 3.63) is 40.4 Å². The summed E-state index contributed by atoms with van der Waals surface area (Å²) in [6.45, 7) is 5.77. The SMILES string of the molecule is CCNC(=NCc1ccc(OC)c(Cl)c1)NCc1nnc(C)n1C. The Balaban J connectivity index is 2.02. The summed E-state index contributed by atoms with van der Waals surface area (Å²) in [7, 11) is 3.54. The highest BCUT2D eigenvalue weighted by atomic mass is 35.5. The lowest BCUT2D eigenvalue weighted by atomic mass is 10.2. The molecule has 0 amide bonds. The minimum atomic E-state index is 0.511. The number of hydrogen-bond donors (Lipinski definition) is 2. The van der Waals surface area contributed by atoms with Gasteiger partial charge in [0.1, 0.15) is 11.6 Å². The van der Waals surface area contributed by atoms with E-state index in [-0.39, 0.29) is 0 Å². The third-order valence-electron chi connectivity index (χ3n) is 3.58. The van der Waals surface area contributed by atoms with Crippen LogP contribution >= 0.6 is 11.6 Å². The quantitative estimate of drug-likeness (QED) is 0.616. The van der Waals surface area contributed by atoms with Crippen molar-refractivity contribution in [3.63, 3.8) is 0 Å². The van der Waals surface area contributed by atoms with E-state index < -0.39 is 0 Å². The van der Waals surface area contributed by atoms with Gasteiger partial charge in [0, 0.05) is 13.6 Å². The largest absolute Gasteiger partial charge is 0.495 e. The van der Waals surface area contributed by atoms with E-state index in [0.717, 1.165) is 23.8 Å². The van der Waals surface area contributed by atoms with Gasteiger partial charge in [0.15, 0.2) is 11.8 Å². The monoisotopic (exact) mass is 350 g/mol. The number of hydrogen-bond acceptors (Lipinski definition) is 4. The number of aryl methyl sites for hydroxylation is 1. The molecular weight excluding hydrogens is 328 g/mol. The normalized spacial score (nSPS) is 11.5. The van der Waals surface area contributed by atoms with Gasteiger partial charge in [0.05, 0.1) is 25.2 Å². The Labute approximate surface area is 147 Å². The molecule has 0 saturated carbocycles. The topological polar surface area (TPSA) is 76.4 Å². The summed E-state index contributed by atoms with van der Waals surface area (Å²) in [5, 5.41) is 15.2. The second-order valence-corrected chi connectivity index (χ2v) is 5.65. The summed E-state index contributed by atoms with van der Waals surface area (Å²) in [6.07, 6.45) is 0. The average molecular weight is 351 g/mol. The van der Waals surface area contributed by atoms with E-state index in [1.54, 1.807) is 7.11 Å². The Kier molecular flexibility index (Phi) is 6.43. The maximum atomic E-state index is 6.14. The van der Waals surface area contributed by atoms with Crippen LogP contribution in [-0.2, 0) is 20.1 Å². The number of benzene rings is 1. The molecule has 0 atom stereocenters. The van der Waals surface area contributed by atoms with Crippen molar-refractivity contribution in [1.29, 1.82) is 0 Å². The van der Waals surface area contributed by atoms with E-state index in [2.05, 4.69) is 25.8 Å². The van der Waals surface area contributed by atoms with Gasteiger partial charge < -0.3 is 19.9 Å². The lowest BCUT2D eigenvalue weighted by molar-refractivity contribution is 0.415. The van der Waals surface area contributed by atoms with Crippen molar-refractivity contribution in [1.82, 2.24) is 25.4 Å². The number of methoxy groups -OCH3 is 1. The lowest BCUT2D eigenvalue weighted by Gasteiger charge is -2.11. The van der Waals surface area contributed by atoms with Crippen LogP contribution < -0.4 is 15.4 Å². The van der Waals surface area contributed by atoms with Gasteiger partial charge in [-0.05, 0) is 31.5 Å². The lowest BCUT2D eigenvalue weighted by Crippen LogP contribution is -2.37. The number of aromatic nitrogens is 3. The summed E-state index contributed by atoms with van der Waals surface area (Å²) >= 11 is 6.14. The van der Waals surface area contributed by atoms with Gasteiger partial charge in [-0.25, -0.2) is 4.99 Å². The van der Waals surface area contributed by atoms with Crippen molar-refractivity contribution < 1.29 is 4.74 Å². The van der Waals surface area contributed by atoms with E-state index in [4.69, 9.17) is 16.3 Å². The van der Waals surface area contributed by atoms with Gasteiger partial charge in [-0.2, -0.15) is 0 Å². The van der Waals surface area contributed by atoms with Crippen LogP contribution in [-0.4, -0.2) is 34.4 Å². The van der Waals surface area contributed by atoms with Crippen LogP contribution in [0.25, 0.3) is 0 Å². The molecule has 8 heteroatoms. The highest BCUT2D eigenvalue weighted by Crippen LogP contribution is 2.25. The number of halogens is 1. The molecule has 0 fully saturated rings. The van der Waals surface area contributed by atoms with Gasteiger partial charge in [-0.15, -0.1) is 10.2 Å². The average Bonchev–Trinajstić information content (AvgIpc) is 2.89. The molecule has 0 saturated heterocycles. The van der Waals surface area contributed by atoms with Crippen LogP contribution in [0.5, 0.6) is 5.75 Å². The summed E-state index contributed by atoms with van der Waals surface area (Å²) in [4.78, 5) is 4.57. The first-order chi connectivity index (χ1) is 11.5. The second kappa shape index (κ2) is 8.54. The summed E-state index contributed by atoms with van der Waals surface area (Å²) in [5.41, 5.74) is 1.01. The molecule has 0 unspecified atom stereocenters. The highest BCUT2D eigenvalue weighted by Gasteiger charge is 2.06. The zero-order chi connectivity index (χ0) is 17.5. The van der Waals surface area contributed by atoms with E-state index in [0.29, 0.717) is 29.8 Å². The van der Waals surface area contributed by atoms with Crippen LogP contribution in [0.2, 0.25) is 5.02 Å². The Morgan fingerprint density at radius 1 is 1.33 bits per heavy atom. The van der Waals surface area contributed by atoms with Gasteiger partial charge >= 0.3 is 0 Å². The van der Waals surface area contributed by atoms with Crippen LogP contribution in [0, 0.1) is 6.92 Å². The van der Waals surface area contributed by atoms with Crippen molar-refractivity contribution in [2.24, 2.45) is 12.0 Å². The number of guanidine groups is 1. The first-order valence-corrected chi connectivity index (χ1v) is 8.12. The van der Waals surface area contributed by atoms with Crippen LogP contribution in [0.4, 0.5) is 0 Å². The summed E-state index contributed by atoms with van der Waals surface area (Å²) < 4.78 is 7.10.